The van der Waals surface area contributed by atoms with Gasteiger partial charge in [0.2, 0.25) is 0 Å². The molecular formula is C9H17F2N. The molecule has 0 aliphatic carbocycles. The van der Waals surface area contributed by atoms with Gasteiger partial charge in [0.25, 0.3) is 5.92 Å². The van der Waals surface area contributed by atoms with Crippen LogP contribution < -0.4 is 5.32 Å². The summed E-state index contributed by atoms with van der Waals surface area (Å²) in [5, 5.41) is 3.21. The van der Waals surface area contributed by atoms with Crippen molar-refractivity contribution < 1.29 is 8.78 Å². The molecule has 0 unspecified atom stereocenters. The number of rotatable bonds is 0. The molecule has 1 aliphatic heterocycles. The monoisotopic (exact) mass is 177 g/mol. The van der Waals surface area contributed by atoms with Gasteiger partial charge in [0.05, 0.1) is 0 Å². The van der Waals surface area contributed by atoms with E-state index in [-0.39, 0.29) is 12.8 Å². The summed E-state index contributed by atoms with van der Waals surface area (Å²) in [7, 11) is 0. The Balaban J connectivity index is 2.81. The van der Waals surface area contributed by atoms with Crippen molar-refractivity contribution in [2.24, 2.45) is 0 Å². The Hall–Kier alpha value is -0.180. The SMILES string of the molecule is CC1(C)CC(F)(F)CC(C)(C)N1. The predicted molar refractivity (Wildman–Crippen MR) is 45.5 cm³/mol. The van der Waals surface area contributed by atoms with Crippen molar-refractivity contribution in [1.82, 2.24) is 5.32 Å². The van der Waals surface area contributed by atoms with Crippen LogP contribution in [0.15, 0.2) is 0 Å². The van der Waals surface area contributed by atoms with Crippen molar-refractivity contribution in [3.05, 3.63) is 0 Å². The fraction of sp³-hybridized carbons (Fsp3) is 1.00. The van der Waals surface area contributed by atoms with Gasteiger partial charge in [0.1, 0.15) is 0 Å². The molecule has 1 saturated heterocycles. The number of alkyl halides is 2. The summed E-state index contributed by atoms with van der Waals surface area (Å²) >= 11 is 0. The van der Waals surface area contributed by atoms with Crippen LogP contribution in [0.5, 0.6) is 0 Å². The molecule has 0 radical (unpaired) electrons. The summed E-state index contributed by atoms with van der Waals surface area (Å²) in [6.07, 6.45) is -0.132. The summed E-state index contributed by atoms with van der Waals surface area (Å²) in [6, 6.07) is 0. The Morgan fingerprint density at radius 3 is 1.50 bits per heavy atom. The van der Waals surface area contributed by atoms with Gasteiger partial charge >= 0.3 is 0 Å². The third-order valence-corrected chi connectivity index (χ3v) is 2.08. The molecule has 0 aromatic heterocycles. The van der Waals surface area contributed by atoms with Gasteiger partial charge in [-0.05, 0) is 27.7 Å². The number of hydrogen-bond donors (Lipinski definition) is 1. The molecule has 72 valence electrons. The average Bonchev–Trinajstić information content (AvgIpc) is 1.44. The van der Waals surface area contributed by atoms with Crippen molar-refractivity contribution in [1.29, 1.82) is 0 Å². The van der Waals surface area contributed by atoms with Crippen LogP contribution in [-0.2, 0) is 0 Å². The minimum absolute atomic E-state index is 0.0660. The molecule has 1 N–H and O–H groups in total. The molecule has 0 aromatic rings. The molecule has 0 saturated carbocycles. The number of hydrogen-bond acceptors (Lipinski definition) is 1. The second kappa shape index (κ2) is 2.41. The molecule has 0 atom stereocenters. The molecular weight excluding hydrogens is 160 g/mol. The first-order chi connectivity index (χ1) is 5.12. The highest BCUT2D eigenvalue weighted by Crippen LogP contribution is 2.39. The van der Waals surface area contributed by atoms with Gasteiger partial charge in [-0.25, -0.2) is 8.78 Å². The molecule has 1 aliphatic rings. The van der Waals surface area contributed by atoms with E-state index in [9.17, 15) is 8.78 Å². The lowest BCUT2D eigenvalue weighted by atomic mass is 9.80. The zero-order valence-electron chi connectivity index (χ0n) is 8.17. The molecule has 0 spiro atoms. The quantitative estimate of drug-likeness (QED) is 0.599. The second-order valence-corrected chi connectivity index (χ2v) is 5.10. The Bertz CT molecular complexity index is 140. The maximum absolute atomic E-state index is 13.2. The first-order valence-electron chi connectivity index (χ1n) is 4.29. The summed E-state index contributed by atoms with van der Waals surface area (Å²) in [5.41, 5.74) is -0.906. The summed E-state index contributed by atoms with van der Waals surface area (Å²) < 4.78 is 26.3. The zero-order valence-corrected chi connectivity index (χ0v) is 8.17. The van der Waals surface area contributed by atoms with Gasteiger partial charge in [-0.2, -0.15) is 0 Å². The number of nitrogens with one attached hydrogen (secondary N) is 1. The lowest BCUT2D eigenvalue weighted by Crippen LogP contribution is -2.61. The molecule has 1 rings (SSSR count). The maximum Gasteiger partial charge on any atom is 0.251 e. The molecule has 0 aromatic carbocycles. The van der Waals surface area contributed by atoms with Crippen LogP contribution >= 0.6 is 0 Å². The van der Waals surface area contributed by atoms with Gasteiger partial charge in [0.15, 0.2) is 0 Å². The minimum Gasteiger partial charge on any atom is -0.306 e. The van der Waals surface area contributed by atoms with Crippen LogP contribution in [0.2, 0.25) is 0 Å². The van der Waals surface area contributed by atoms with Crippen LogP contribution in [0.1, 0.15) is 40.5 Å². The Morgan fingerprint density at radius 1 is 0.917 bits per heavy atom. The van der Waals surface area contributed by atoms with Crippen LogP contribution in [0, 0.1) is 0 Å². The second-order valence-electron chi connectivity index (χ2n) is 5.10. The maximum atomic E-state index is 13.2. The standard InChI is InChI=1S/C9H17F2N/c1-7(2)5-9(10,11)6-8(3,4)12-7/h12H,5-6H2,1-4H3. The molecule has 1 heterocycles. The van der Waals surface area contributed by atoms with E-state index in [1.165, 1.54) is 0 Å². The third kappa shape index (κ3) is 2.41. The lowest BCUT2D eigenvalue weighted by molar-refractivity contribution is -0.0880. The first kappa shape index (κ1) is 9.90. The van der Waals surface area contributed by atoms with E-state index in [1.807, 2.05) is 27.7 Å². The van der Waals surface area contributed by atoms with Crippen LogP contribution in [-0.4, -0.2) is 17.0 Å². The van der Waals surface area contributed by atoms with Crippen molar-refractivity contribution in [3.63, 3.8) is 0 Å². The fourth-order valence-corrected chi connectivity index (χ4v) is 2.36. The van der Waals surface area contributed by atoms with E-state index >= 15 is 0 Å². The fourth-order valence-electron chi connectivity index (χ4n) is 2.36. The van der Waals surface area contributed by atoms with Crippen molar-refractivity contribution >= 4 is 0 Å². The van der Waals surface area contributed by atoms with E-state index in [0.717, 1.165) is 0 Å². The molecule has 3 heteroatoms. The van der Waals surface area contributed by atoms with E-state index in [2.05, 4.69) is 5.32 Å². The molecule has 0 bridgehead atoms. The summed E-state index contributed by atoms with van der Waals surface area (Å²) in [5.74, 6) is -2.52. The van der Waals surface area contributed by atoms with Gasteiger partial charge < -0.3 is 5.32 Å². The van der Waals surface area contributed by atoms with Crippen LogP contribution in [0.25, 0.3) is 0 Å². The Kier molecular flexibility index (Phi) is 1.99. The van der Waals surface area contributed by atoms with Crippen LogP contribution in [0.4, 0.5) is 8.78 Å². The first-order valence-corrected chi connectivity index (χ1v) is 4.29. The Morgan fingerprint density at radius 2 is 1.25 bits per heavy atom. The zero-order chi connectivity index (χ0) is 9.62. The molecule has 0 amide bonds. The normalized spacial score (nSPS) is 31.5. The van der Waals surface area contributed by atoms with Gasteiger partial charge in [0, 0.05) is 23.9 Å². The summed E-state index contributed by atoms with van der Waals surface area (Å²) in [6.45, 7) is 7.28. The van der Waals surface area contributed by atoms with Crippen LogP contribution in [0.3, 0.4) is 0 Å². The van der Waals surface area contributed by atoms with Crippen molar-refractivity contribution in [2.45, 2.75) is 57.5 Å². The summed E-state index contributed by atoms with van der Waals surface area (Å²) in [4.78, 5) is 0. The van der Waals surface area contributed by atoms with Crippen molar-refractivity contribution in [3.8, 4) is 0 Å². The number of piperidine rings is 1. The largest absolute Gasteiger partial charge is 0.306 e. The van der Waals surface area contributed by atoms with Gasteiger partial charge in [-0.15, -0.1) is 0 Å². The van der Waals surface area contributed by atoms with Gasteiger partial charge in [-0.1, -0.05) is 0 Å². The highest BCUT2D eigenvalue weighted by molar-refractivity contribution is 5.00. The molecule has 12 heavy (non-hydrogen) atoms. The predicted octanol–water partition coefficient (Wildman–Crippen LogP) is 2.56. The van der Waals surface area contributed by atoms with Crippen molar-refractivity contribution in [2.75, 3.05) is 0 Å². The highest BCUT2D eigenvalue weighted by Gasteiger charge is 2.47. The number of halogens is 2. The highest BCUT2D eigenvalue weighted by atomic mass is 19.3. The molecule has 1 nitrogen and oxygen atoms in total. The molecule has 1 fully saturated rings. The van der Waals surface area contributed by atoms with Gasteiger partial charge in [-0.3, -0.25) is 0 Å². The topological polar surface area (TPSA) is 12.0 Å². The van der Waals surface area contributed by atoms with E-state index < -0.39 is 17.0 Å². The van der Waals surface area contributed by atoms with E-state index in [0.29, 0.717) is 0 Å². The van der Waals surface area contributed by atoms with E-state index in [1.54, 1.807) is 0 Å². The lowest BCUT2D eigenvalue weighted by Gasteiger charge is -2.46. The third-order valence-electron chi connectivity index (χ3n) is 2.08. The van der Waals surface area contributed by atoms with E-state index in [4.69, 9.17) is 0 Å². The minimum atomic E-state index is -2.52. The smallest absolute Gasteiger partial charge is 0.251 e. The Labute approximate surface area is 72.5 Å². The average molecular weight is 177 g/mol.